The van der Waals surface area contributed by atoms with Crippen molar-refractivity contribution >= 4 is 10.8 Å². The summed E-state index contributed by atoms with van der Waals surface area (Å²) >= 11 is 0. The van der Waals surface area contributed by atoms with Crippen LogP contribution >= 0.6 is 0 Å². The van der Waals surface area contributed by atoms with Crippen molar-refractivity contribution in [2.75, 3.05) is 0 Å². The van der Waals surface area contributed by atoms with Crippen LogP contribution in [0.2, 0.25) is 0 Å². The van der Waals surface area contributed by atoms with Crippen LogP contribution in [0.15, 0.2) is 0 Å². The molecule has 0 saturated heterocycles. The average molecular weight is 254 g/mol. The quantitative estimate of drug-likeness (QED) is 0.625. The molecule has 0 spiro atoms. The Morgan fingerprint density at radius 1 is 0.474 bits per heavy atom. The van der Waals surface area contributed by atoms with Gasteiger partial charge in [-0.1, -0.05) is 6.92 Å². The molecule has 0 radical (unpaired) electrons. The molecule has 2 aromatic rings. The minimum atomic E-state index is 1.12. The molecule has 0 saturated carbocycles. The van der Waals surface area contributed by atoms with Gasteiger partial charge in [-0.15, -0.1) is 0 Å². The third-order valence-electron chi connectivity index (χ3n) is 5.26. The summed E-state index contributed by atoms with van der Waals surface area (Å²) in [7, 11) is 0. The molecule has 19 heavy (non-hydrogen) atoms. The standard InChI is InChI=1S/C19H26/c1-9-17-12(4)15(7)18-13(5)10(2)11(3)14(6)19(18)16(17)8/h9H2,1-8H3. The summed E-state index contributed by atoms with van der Waals surface area (Å²) in [6.07, 6.45) is 1.12. The highest BCUT2D eigenvalue weighted by Gasteiger charge is 2.17. The summed E-state index contributed by atoms with van der Waals surface area (Å²) in [5, 5.41) is 2.99. The van der Waals surface area contributed by atoms with E-state index in [1.807, 2.05) is 0 Å². The van der Waals surface area contributed by atoms with Gasteiger partial charge < -0.3 is 0 Å². The zero-order valence-electron chi connectivity index (χ0n) is 13.7. The normalized spacial score (nSPS) is 11.4. The molecule has 0 heterocycles. The minimum Gasteiger partial charge on any atom is -0.0613 e. The van der Waals surface area contributed by atoms with E-state index in [9.17, 15) is 0 Å². The Morgan fingerprint density at radius 2 is 0.842 bits per heavy atom. The Hall–Kier alpha value is -1.30. The fraction of sp³-hybridized carbons (Fsp3) is 0.474. The van der Waals surface area contributed by atoms with Crippen molar-refractivity contribution in [3.05, 3.63) is 44.5 Å². The first-order valence-electron chi connectivity index (χ1n) is 7.31. The Morgan fingerprint density at radius 3 is 1.26 bits per heavy atom. The van der Waals surface area contributed by atoms with Gasteiger partial charge in [0.15, 0.2) is 0 Å². The van der Waals surface area contributed by atoms with Gasteiger partial charge in [0.1, 0.15) is 0 Å². The van der Waals surface area contributed by atoms with Crippen LogP contribution in [0.25, 0.3) is 10.8 Å². The third kappa shape index (κ3) is 1.81. The van der Waals surface area contributed by atoms with Crippen molar-refractivity contribution in [3.8, 4) is 0 Å². The predicted octanol–water partition coefficient (Wildman–Crippen LogP) is 5.56. The van der Waals surface area contributed by atoms with Crippen molar-refractivity contribution in [2.45, 2.75) is 61.8 Å². The molecule has 0 bridgehead atoms. The highest BCUT2D eigenvalue weighted by Crippen LogP contribution is 2.37. The van der Waals surface area contributed by atoms with E-state index in [-0.39, 0.29) is 0 Å². The van der Waals surface area contributed by atoms with Crippen LogP contribution < -0.4 is 0 Å². The molecular formula is C19H26. The molecular weight excluding hydrogens is 228 g/mol. The van der Waals surface area contributed by atoms with Gasteiger partial charge in [-0.25, -0.2) is 0 Å². The molecule has 0 fully saturated rings. The Bertz CT molecular complexity index is 673. The van der Waals surface area contributed by atoms with Gasteiger partial charge in [0.05, 0.1) is 0 Å². The second-order valence-electron chi connectivity index (χ2n) is 5.96. The van der Waals surface area contributed by atoms with Crippen molar-refractivity contribution in [1.82, 2.24) is 0 Å². The topological polar surface area (TPSA) is 0 Å². The molecule has 0 aliphatic rings. The van der Waals surface area contributed by atoms with Crippen molar-refractivity contribution < 1.29 is 0 Å². The molecule has 102 valence electrons. The van der Waals surface area contributed by atoms with Crippen LogP contribution in [0.5, 0.6) is 0 Å². The SMILES string of the molecule is CCc1c(C)c(C)c2c(C)c(C)c(C)c(C)c2c1C. The number of rotatable bonds is 1. The van der Waals surface area contributed by atoms with Crippen LogP contribution in [-0.4, -0.2) is 0 Å². The lowest BCUT2D eigenvalue weighted by atomic mass is 9.83. The maximum Gasteiger partial charge on any atom is -0.0114 e. The Balaban J connectivity index is 3.18. The highest BCUT2D eigenvalue weighted by atomic mass is 14.2. The molecule has 0 amide bonds. The summed E-state index contributed by atoms with van der Waals surface area (Å²) in [4.78, 5) is 0. The fourth-order valence-corrected chi connectivity index (χ4v) is 3.63. The lowest BCUT2D eigenvalue weighted by molar-refractivity contribution is 1.07. The summed E-state index contributed by atoms with van der Waals surface area (Å²) in [6.45, 7) is 18.2. The largest absolute Gasteiger partial charge is 0.0613 e. The van der Waals surface area contributed by atoms with Crippen molar-refractivity contribution in [2.24, 2.45) is 0 Å². The smallest absolute Gasteiger partial charge is 0.0114 e. The summed E-state index contributed by atoms with van der Waals surface area (Å²) < 4.78 is 0. The molecule has 2 rings (SSSR count). The fourth-order valence-electron chi connectivity index (χ4n) is 3.63. The van der Waals surface area contributed by atoms with Gasteiger partial charge in [0.25, 0.3) is 0 Å². The Labute approximate surface area is 117 Å². The maximum atomic E-state index is 2.30. The lowest BCUT2D eigenvalue weighted by Crippen LogP contribution is -2.03. The van der Waals surface area contributed by atoms with Gasteiger partial charge in [0.2, 0.25) is 0 Å². The van der Waals surface area contributed by atoms with Crippen LogP contribution in [-0.2, 0) is 6.42 Å². The van der Waals surface area contributed by atoms with Gasteiger partial charge in [-0.2, -0.15) is 0 Å². The molecule has 0 nitrogen and oxygen atoms in total. The van der Waals surface area contributed by atoms with E-state index in [1.54, 1.807) is 0 Å². The number of hydrogen-bond donors (Lipinski definition) is 0. The van der Waals surface area contributed by atoms with Crippen LogP contribution in [0.4, 0.5) is 0 Å². The summed E-state index contributed by atoms with van der Waals surface area (Å²) in [5.74, 6) is 0. The lowest BCUT2D eigenvalue weighted by Gasteiger charge is -2.22. The monoisotopic (exact) mass is 254 g/mol. The molecule has 2 aromatic carbocycles. The van der Waals surface area contributed by atoms with E-state index >= 15 is 0 Å². The van der Waals surface area contributed by atoms with Crippen LogP contribution in [0.3, 0.4) is 0 Å². The van der Waals surface area contributed by atoms with E-state index in [0.717, 1.165) is 6.42 Å². The molecule has 0 heteroatoms. The second kappa shape index (κ2) is 4.67. The number of fused-ring (bicyclic) bond motifs is 1. The van der Waals surface area contributed by atoms with Crippen molar-refractivity contribution in [1.29, 1.82) is 0 Å². The second-order valence-corrected chi connectivity index (χ2v) is 5.96. The van der Waals surface area contributed by atoms with E-state index in [4.69, 9.17) is 0 Å². The summed E-state index contributed by atoms with van der Waals surface area (Å²) in [5.41, 5.74) is 11.8. The van der Waals surface area contributed by atoms with Crippen LogP contribution in [0, 0.1) is 48.5 Å². The predicted molar refractivity (Wildman–Crippen MR) is 86.5 cm³/mol. The molecule has 0 aliphatic heterocycles. The van der Waals surface area contributed by atoms with E-state index < -0.39 is 0 Å². The average Bonchev–Trinajstić information content (AvgIpc) is 2.38. The summed E-state index contributed by atoms with van der Waals surface area (Å²) in [6, 6.07) is 0. The molecule has 0 atom stereocenters. The maximum absolute atomic E-state index is 2.30. The minimum absolute atomic E-state index is 1.12. The zero-order chi connectivity index (χ0) is 14.5. The van der Waals surface area contributed by atoms with E-state index in [1.165, 1.54) is 55.3 Å². The number of benzene rings is 2. The number of hydrogen-bond acceptors (Lipinski definition) is 0. The first-order valence-corrected chi connectivity index (χ1v) is 7.31. The zero-order valence-corrected chi connectivity index (χ0v) is 13.7. The first-order chi connectivity index (χ1) is 8.82. The molecule has 0 aliphatic carbocycles. The first kappa shape index (κ1) is 14.1. The third-order valence-corrected chi connectivity index (χ3v) is 5.26. The van der Waals surface area contributed by atoms with E-state index in [0.29, 0.717) is 0 Å². The van der Waals surface area contributed by atoms with Crippen LogP contribution in [0.1, 0.15) is 51.4 Å². The van der Waals surface area contributed by atoms with Gasteiger partial charge >= 0.3 is 0 Å². The molecule has 0 unspecified atom stereocenters. The highest BCUT2D eigenvalue weighted by molar-refractivity contribution is 5.97. The Kier molecular flexibility index (Phi) is 3.47. The van der Waals surface area contributed by atoms with E-state index in [2.05, 4.69) is 55.4 Å². The molecule has 0 aromatic heterocycles. The number of aryl methyl sites for hydroxylation is 4. The van der Waals surface area contributed by atoms with Gasteiger partial charge in [-0.3, -0.25) is 0 Å². The van der Waals surface area contributed by atoms with Gasteiger partial charge in [0, 0.05) is 0 Å². The van der Waals surface area contributed by atoms with Crippen molar-refractivity contribution in [3.63, 3.8) is 0 Å². The van der Waals surface area contributed by atoms with Gasteiger partial charge in [-0.05, 0) is 110 Å². The molecule has 0 N–H and O–H groups in total.